The molecule has 3 heterocycles. The third-order valence-corrected chi connectivity index (χ3v) is 6.79. The van der Waals surface area contributed by atoms with Crippen molar-refractivity contribution in [2.75, 3.05) is 13.2 Å². The Hall–Kier alpha value is -1.70. The van der Waals surface area contributed by atoms with E-state index in [9.17, 15) is 14.7 Å². The van der Waals surface area contributed by atoms with Gasteiger partial charge in [-0.25, -0.2) is 9.59 Å². The Bertz CT molecular complexity index is 732. The van der Waals surface area contributed by atoms with Gasteiger partial charge in [0.15, 0.2) is 5.60 Å². The molecule has 0 bridgehead atoms. The van der Waals surface area contributed by atoms with Crippen LogP contribution in [0.4, 0.5) is 0 Å². The number of ether oxygens (including phenoxy) is 4. The first-order chi connectivity index (χ1) is 12.3. The predicted octanol–water partition coefficient (Wildman–Crippen LogP) is 0.511. The molecule has 2 aliphatic carbocycles. The number of rotatable bonds is 2. The first-order valence-electron chi connectivity index (χ1n) is 9.01. The maximum absolute atomic E-state index is 12.4. The highest BCUT2D eigenvalue weighted by molar-refractivity contribution is 5.91. The minimum Gasteiger partial charge on any atom is -0.459 e. The fourth-order valence-corrected chi connectivity index (χ4v) is 5.02. The van der Waals surface area contributed by atoms with Gasteiger partial charge in [-0.05, 0) is 19.3 Å². The summed E-state index contributed by atoms with van der Waals surface area (Å²) in [7, 11) is 0. The normalized spacial score (nSPS) is 51.5. The molecule has 140 valence electrons. The van der Waals surface area contributed by atoms with Crippen LogP contribution in [-0.2, 0) is 28.5 Å². The smallest absolute Gasteiger partial charge is 0.340 e. The van der Waals surface area contributed by atoms with Crippen molar-refractivity contribution in [3.05, 3.63) is 24.3 Å². The highest BCUT2D eigenvalue weighted by Gasteiger charge is 2.71. The van der Waals surface area contributed by atoms with Gasteiger partial charge in [0.1, 0.15) is 17.8 Å². The van der Waals surface area contributed by atoms with Crippen molar-refractivity contribution in [2.24, 2.45) is 17.8 Å². The van der Waals surface area contributed by atoms with Gasteiger partial charge in [-0.1, -0.05) is 18.7 Å². The minimum absolute atomic E-state index is 0.0461. The molecule has 26 heavy (non-hydrogen) atoms. The van der Waals surface area contributed by atoms with Crippen molar-refractivity contribution in [2.45, 2.75) is 49.3 Å². The van der Waals surface area contributed by atoms with E-state index in [0.29, 0.717) is 31.6 Å². The van der Waals surface area contributed by atoms with Crippen LogP contribution in [0.2, 0.25) is 0 Å². The monoisotopic (exact) mass is 362 g/mol. The highest BCUT2D eigenvalue weighted by Crippen LogP contribution is 2.60. The molecule has 7 nitrogen and oxygen atoms in total. The molecular weight excluding hydrogens is 340 g/mol. The zero-order valence-corrected chi connectivity index (χ0v) is 14.6. The second kappa shape index (κ2) is 4.97. The first-order valence-corrected chi connectivity index (χ1v) is 9.01. The molecule has 2 saturated carbocycles. The van der Waals surface area contributed by atoms with Crippen LogP contribution in [0.1, 0.15) is 19.8 Å². The van der Waals surface area contributed by atoms with Gasteiger partial charge in [-0.3, -0.25) is 0 Å². The number of epoxide rings is 2. The number of carbonyl (C=O) groups is 2. The van der Waals surface area contributed by atoms with Gasteiger partial charge < -0.3 is 24.1 Å². The molecule has 5 fully saturated rings. The lowest BCUT2D eigenvalue weighted by Crippen LogP contribution is -2.43. The molecule has 5 rings (SSSR count). The molecule has 0 radical (unpaired) electrons. The molecular formula is C19H22O7. The minimum atomic E-state index is -0.902. The lowest BCUT2D eigenvalue weighted by molar-refractivity contribution is -0.158. The lowest BCUT2D eigenvalue weighted by atomic mass is 9.78. The summed E-state index contributed by atoms with van der Waals surface area (Å²) in [5.41, 5.74) is -0.396. The Balaban J connectivity index is 1.51. The topological polar surface area (TPSA) is 97.9 Å². The summed E-state index contributed by atoms with van der Waals surface area (Å²) >= 11 is 0. The van der Waals surface area contributed by atoms with Crippen molar-refractivity contribution in [1.82, 2.24) is 0 Å². The van der Waals surface area contributed by atoms with Crippen LogP contribution in [0.5, 0.6) is 0 Å². The largest absolute Gasteiger partial charge is 0.459 e. The van der Waals surface area contributed by atoms with E-state index in [1.165, 1.54) is 0 Å². The quantitative estimate of drug-likeness (QED) is 0.331. The Morgan fingerprint density at radius 2 is 2.00 bits per heavy atom. The van der Waals surface area contributed by atoms with Crippen LogP contribution in [0, 0.1) is 17.8 Å². The van der Waals surface area contributed by atoms with Crippen molar-refractivity contribution in [3.8, 4) is 0 Å². The van der Waals surface area contributed by atoms with Crippen LogP contribution >= 0.6 is 0 Å². The lowest BCUT2D eigenvalue weighted by Gasteiger charge is -2.30. The van der Waals surface area contributed by atoms with E-state index < -0.39 is 47.4 Å². The summed E-state index contributed by atoms with van der Waals surface area (Å²) in [5.74, 6) is -1.62. The fourth-order valence-electron chi connectivity index (χ4n) is 5.02. The zero-order chi connectivity index (χ0) is 18.4. The molecule has 8 atom stereocenters. The molecule has 1 spiro atoms. The molecule has 3 saturated heterocycles. The van der Waals surface area contributed by atoms with Crippen molar-refractivity contribution < 1.29 is 33.6 Å². The van der Waals surface area contributed by atoms with E-state index >= 15 is 0 Å². The van der Waals surface area contributed by atoms with Gasteiger partial charge >= 0.3 is 11.9 Å². The van der Waals surface area contributed by atoms with Gasteiger partial charge in [0.05, 0.1) is 25.2 Å². The van der Waals surface area contributed by atoms with Gasteiger partial charge in [0.2, 0.25) is 0 Å². The fraction of sp³-hybridized carbons (Fsp3) is 0.684. The van der Waals surface area contributed by atoms with Crippen LogP contribution in [-0.4, -0.2) is 59.8 Å². The number of fused-ring (bicyclic) bond motifs is 4. The van der Waals surface area contributed by atoms with Crippen molar-refractivity contribution in [1.29, 1.82) is 0 Å². The Morgan fingerprint density at radius 1 is 1.31 bits per heavy atom. The van der Waals surface area contributed by atoms with Crippen LogP contribution < -0.4 is 0 Å². The van der Waals surface area contributed by atoms with Crippen LogP contribution in [0.25, 0.3) is 0 Å². The maximum atomic E-state index is 12.4. The van der Waals surface area contributed by atoms with E-state index in [1.54, 1.807) is 6.92 Å². The van der Waals surface area contributed by atoms with Crippen molar-refractivity contribution in [3.63, 3.8) is 0 Å². The maximum Gasteiger partial charge on any atom is 0.340 e. The summed E-state index contributed by atoms with van der Waals surface area (Å²) in [4.78, 5) is 24.7. The van der Waals surface area contributed by atoms with Crippen LogP contribution in [0.3, 0.4) is 0 Å². The van der Waals surface area contributed by atoms with E-state index in [2.05, 4.69) is 13.2 Å². The Kier molecular flexibility index (Phi) is 3.15. The van der Waals surface area contributed by atoms with E-state index in [0.717, 1.165) is 5.57 Å². The van der Waals surface area contributed by atoms with E-state index in [-0.39, 0.29) is 11.8 Å². The molecule has 0 aromatic rings. The van der Waals surface area contributed by atoms with Gasteiger partial charge in [0.25, 0.3) is 0 Å². The number of aliphatic hydroxyl groups excluding tert-OH is 1. The van der Waals surface area contributed by atoms with Crippen LogP contribution in [0.15, 0.2) is 24.3 Å². The summed E-state index contributed by atoms with van der Waals surface area (Å²) in [5, 5.41) is 10.5. The Labute approximate surface area is 150 Å². The number of carbonyl (C=O) groups excluding carboxylic acids is 2. The standard InChI is InChI=1S/C19H22O7/c1-8-4-11(25-17(22)18(3)6-23-18)13-9(2)16(21)26-15(13)14-10(8)5-12(20)19(14)7-24-19/h10-15,20H,1-2,4-7H2,3H3/t10-,11+,12-,13+,14-,15-,18-,19+/m0/s1. The SMILES string of the molecule is C=C1C(=O)O[C@H]2[C@H]1[C@H](OC(=O)[C@]1(C)CO1)CC(=C)[C@@H]1C[C@H](O)[C@]3(CO3)[C@H]21. The first kappa shape index (κ1) is 16.5. The predicted molar refractivity (Wildman–Crippen MR) is 86.8 cm³/mol. The summed E-state index contributed by atoms with van der Waals surface area (Å²) < 4.78 is 22.3. The average molecular weight is 362 g/mol. The highest BCUT2D eigenvalue weighted by atomic mass is 16.6. The second-order valence-corrected chi connectivity index (χ2v) is 8.37. The van der Waals surface area contributed by atoms with Gasteiger partial charge in [0, 0.05) is 17.9 Å². The zero-order valence-electron chi connectivity index (χ0n) is 14.6. The molecule has 0 amide bonds. The van der Waals surface area contributed by atoms with Gasteiger partial charge in [-0.2, -0.15) is 0 Å². The molecule has 0 aromatic heterocycles. The van der Waals surface area contributed by atoms with E-state index in [4.69, 9.17) is 18.9 Å². The summed E-state index contributed by atoms with van der Waals surface area (Å²) in [6.07, 6.45) is -0.815. The Morgan fingerprint density at radius 3 is 2.62 bits per heavy atom. The average Bonchev–Trinajstić information content (AvgIpc) is 3.47. The molecule has 1 N–H and O–H groups in total. The molecule has 0 unspecified atom stereocenters. The third-order valence-electron chi connectivity index (χ3n) is 6.79. The van der Waals surface area contributed by atoms with E-state index in [1.807, 2.05) is 0 Å². The number of hydrogen-bond acceptors (Lipinski definition) is 7. The molecule has 0 aromatic carbocycles. The number of aliphatic hydroxyl groups is 1. The van der Waals surface area contributed by atoms with Gasteiger partial charge in [-0.15, -0.1) is 0 Å². The summed E-state index contributed by atoms with van der Waals surface area (Å²) in [6, 6.07) is 0. The summed E-state index contributed by atoms with van der Waals surface area (Å²) in [6.45, 7) is 10.5. The third kappa shape index (κ3) is 2.05. The second-order valence-electron chi connectivity index (χ2n) is 8.37. The molecule has 7 heteroatoms. The number of esters is 2. The molecule has 3 aliphatic heterocycles. The van der Waals surface area contributed by atoms with Crippen molar-refractivity contribution >= 4 is 11.9 Å². The molecule has 5 aliphatic rings. The number of hydrogen-bond donors (Lipinski definition) is 1.